The van der Waals surface area contributed by atoms with Gasteiger partial charge in [0.1, 0.15) is 0 Å². The summed E-state index contributed by atoms with van der Waals surface area (Å²) in [6.07, 6.45) is 1.23. The molecule has 2 rings (SSSR count). The molecule has 0 unspecified atom stereocenters. The Balaban J connectivity index is 1.94. The van der Waals surface area contributed by atoms with Crippen molar-refractivity contribution in [2.24, 2.45) is 5.41 Å². The molecule has 1 atom stereocenters. The maximum atomic E-state index is 12.1. The Labute approximate surface area is 132 Å². The first kappa shape index (κ1) is 17.0. The standard InChI is InChI=1S/C16H23NO4S/c1-12-5-7-14(8-6-12)22(19,20)21-10-9-13-11-16(2,3)15(18)17(13)4/h5-8,13H,9-11H2,1-4H3/t13-/m0/s1. The van der Waals surface area contributed by atoms with Crippen LogP contribution >= 0.6 is 0 Å². The van der Waals surface area contributed by atoms with Gasteiger partial charge in [0.05, 0.1) is 11.5 Å². The first-order valence-corrected chi connectivity index (χ1v) is 8.78. The van der Waals surface area contributed by atoms with Gasteiger partial charge in [-0.25, -0.2) is 0 Å². The summed E-state index contributed by atoms with van der Waals surface area (Å²) in [6.45, 7) is 5.80. The van der Waals surface area contributed by atoms with Gasteiger partial charge in [-0.3, -0.25) is 8.98 Å². The molecular weight excluding hydrogens is 302 g/mol. The van der Waals surface area contributed by atoms with Gasteiger partial charge in [-0.15, -0.1) is 0 Å². The summed E-state index contributed by atoms with van der Waals surface area (Å²) in [5.74, 6) is 0.0962. The molecule has 1 fully saturated rings. The summed E-state index contributed by atoms with van der Waals surface area (Å²) < 4.78 is 29.3. The highest BCUT2D eigenvalue weighted by molar-refractivity contribution is 7.86. The van der Waals surface area contributed by atoms with Gasteiger partial charge < -0.3 is 4.90 Å². The van der Waals surface area contributed by atoms with Crippen molar-refractivity contribution in [3.8, 4) is 0 Å². The fourth-order valence-corrected chi connectivity index (χ4v) is 3.74. The zero-order chi connectivity index (χ0) is 16.5. The van der Waals surface area contributed by atoms with E-state index in [1.165, 1.54) is 0 Å². The van der Waals surface area contributed by atoms with E-state index in [9.17, 15) is 13.2 Å². The summed E-state index contributed by atoms with van der Waals surface area (Å²) >= 11 is 0. The smallest absolute Gasteiger partial charge is 0.296 e. The summed E-state index contributed by atoms with van der Waals surface area (Å²) in [5, 5.41) is 0. The molecule has 0 aromatic heterocycles. The van der Waals surface area contributed by atoms with Gasteiger partial charge in [0, 0.05) is 18.5 Å². The lowest BCUT2D eigenvalue weighted by molar-refractivity contribution is -0.134. The Kier molecular flexibility index (Phi) is 4.63. The Morgan fingerprint density at radius 2 is 1.86 bits per heavy atom. The SMILES string of the molecule is Cc1ccc(S(=O)(=O)OCC[C@H]2CC(C)(C)C(=O)N2C)cc1. The van der Waals surface area contributed by atoms with Gasteiger partial charge in [-0.1, -0.05) is 31.5 Å². The molecule has 1 aromatic rings. The molecule has 0 bridgehead atoms. The number of amides is 1. The zero-order valence-corrected chi connectivity index (χ0v) is 14.3. The molecule has 22 heavy (non-hydrogen) atoms. The van der Waals surface area contributed by atoms with Gasteiger partial charge in [0.2, 0.25) is 5.91 Å². The molecule has 0 saturated carbocycles. The molecule has 1 aromatic carbocycles. The van der Waals surface area contributed by atoms with Crippen molar-refractivity contribution in [3.63, 3.8) is 0 Å². The predicted octanol–water partition coefficient (Wildman–Crippen LogP) is 2.35. The minimum Gasteiger partial charge on any atom is -0.342 e. The number of hydrogen-bond donors (Lipinski definition) is 0. The highest BCUT2D eigenvalue weighted by Gasteiger charge is 2.42. The normalized spacial score (nSPS) is 21.4. The molecule has 1 amide bonds. The number of benzene rings is 1. The van der Waals surface area contributed by atoms with Crippen LogP contribution in [0.1, 0.15) is 32.3 Å². The lowest BCUT2D eigenvalue weighted by atomic mass is 9.89. The quantitative estimate of drug-likeness (QED) is 0.780. The average Bonchev–Trinajstić information content (AvgIpc) is 2.62. The monoisotopic (exact) mass is 325 g/mol. The van der Waals surface area contributed by atoms with Crippen LogP contribution in [-0.4, -0.2) is 38.9 Å². The number of hydrogen-bond acceptors (Lipinski definition) is 4. The van der Waals surface area contributed by atoms with Crippen LogP contribution in [0.3, 0.4) is 0 Å². The Hall–Kier alpha value is -1.40. The lowest BCUT2D eigenvalue weighted by Crippen LogP contribution is -2.32. The summed E-state index contributed by atoms with van der Waals surface area (Å²) in [5.41, 5.74) is 0.613. The van der Waals surface area contributed by atoms with E-state index in [0.29, 0.717) is 6.42 Å². The minimum atomic E-state index is -3.73. The van der Waals surface area contributed by atoms with E-state index in [0.717, 1.165) is 12.0 Å². The molecule has 122 valence electrons. The number of likely N-dealkylation sites (tertiary alicyclic amines) is 1. The van der Waals surface area contributed by atoms with Gasteiger partial charge >= 0.3 is 0 Å². The van der Waals surface area contributed by atoms with Crippen molar-refractivity contribution in [2.75, 3.05) is 13.7 Å². The van der Waals surface area contributed by atoms with E-state index in [-0.39, 0.29) is 28.9 Å². The molecule has 1 saturated heterocycles. The number of aryl methyl sites for hydroxylation is 1. The molecule has 1 aliphatic heterocycles. The number of carbonyl (C=O) groups is 1. The van der Waals surface area contributed by atoms with Crippen LogP contribution in [-0.2, 0) is 19.1 Å². The minimum absolute atomic E-state index is 0.0238. The van der Waals surface area contributed by atoms with E-state index in [1.54, 1.807) is 36.2 Å². The second kappa shape index (κ2) is 6.01. The summed E-state index contributed by atoms with van der Waals surface area (Å²) in [6, 6.07) is 6.58. The molecule has 5 nitrogen and oxygen atoms in total. The van der Waals surface area contributed by atoms with E-state index in [4.69, 9.17) is 4.18 Å². The fraction of sp³-hybridized carbons (Fsp3) is 0.562. The molecule has 0 spiro atoms. The first-order chi connectivity index (χ1) is 10.1. The molecule has 1 aliphatic rings. The van der Waals surface area contributed by atoms with Crippen LogP contribution in [0.2, 0.25) is 0 Å². The Morgan fingerprint density at radius 1 is 1.27 bits per heavy atom. The largest absolute Gasteiger partial charge is 0.342 e. The van der Waals surface area contributed by atoms with E-state index in [1.807, 2.05) is 20.8 Å². The third-order valence-electron chi connectivity index (χ3n) is 4.19. The highest BCUT2D eigenvalue weighted by atomic mass is 32.2. The summed E-state index contributed by atoms with van der Waals surface area (Å²) in [7, 11) is -1.97. The van der Waals surface area contributed by atoms with Gasteiger partial charge in [-0.2, -0.15) is 8.42 Å². The van der Waals surface area contributed by atoms with Crippen molar-refractivity contribution < 1.29 is 17.4 Å². The number of carbonyl (C=O) groups excluding carboxylic acids is 1. The van der Waals surface area contributed by atoms with Gasteiger partial charge in [0.25, 0.3) is 10.1 Å². The third kappa shape index (κ3) is 3.50. The van der Waals surface area contributed by atoms with Crippen molar-refractivity contribution in [1.82, 2.24) is 4.90 Å². The molecule has 0 N–H and O–H groups in total. The Morgan fingerprint density at radius 3 is 2.36 bits per heavy atom. The number of rotatable bonds is 5. The maximum Gasteiger partial charge on any atom is 0.296 e. The molecule has 0 aliphatic carbocycles. The van der Waals surface area contributed by atoms with Crippen LogP contribution in [0.15, 0.2) is 29.2 Å². The first-order valence-electron chi connectivity index (χ1n) is 7.37. The second-order valence-electron chi connectivity index (χ2n) is 6.54. The Bertz CT molecular complexity index is 649. The summed E-state index contributed by atoms with van der Waals surface area (Å²) in [4.78, 5) is 13.9. The van der Waals surface area contributed by atoms with Gasteiger partial charge in [-0.05, 0) is 31.9 Å². The van der Waals surface area contributed by atoms with Crippen LogP contribution in [0.5, 0.6) is 0 Å². The van der Waals surface area contributed by atoms with E-state index >= 15 is 0 Å². The van der Waals surface area contributed by atoms with E-state index < -0.39 is 10.1 Å². The molecule has 1 heterocycles. The third-order valence-corrected chi connectivity index (χ3v) is 5.52. The zero-order valence-electron chi connectivity index (χ0n) is 13.5. The van der Waals surface area contributed by atoms with Crippen LogP contribution < -0.4 is 0 Å². The van der Waals surface area contributed by atoms with E-state index in [2.05, 4.69) is 0 Å². The topological polar surface area (TPSA) is 63.7 Å². The van der Waals surface area contributed by atoms with Crippen molar-refractivity contribution in [2.45, 2.75) is 44.6 Å². The molecular formula is C16H23NO4S. The van der Waals surface area contributed by atoms with Crippen LogP contribution in [0, 0.1) is 12.3 Å². The highest BCUT2D eigenvalue weighted by Crippen LogP contribution is 2.35. The molecule has 6 heteroatoms. The molecule has 0 radical (unpaired) electrons. The van der Waals surface area contributed by atoms with Crippen molar-refractivity contribution in [3.05, 3.63) is 29.8 Å². The van der Waals surface area contributed by atoms with Crippen molar-refractivity contribution >= 4 is 16.0 Å². The van der Waals surface area contributed by atoms with Crippen LogP contribution in [0.25, 0.3) is 0 Å². The lowest BCUT2D eigenvalue weighted by Gasteiger charge is -2.19. The second-order valence-corrected chi connectivity index (χ2v) is 8.15. The average molecular weight is 325 g/mol. The van der Waals surface area contributed by atoms with Gasteiger partial charge in [0.15, 0.2) is 0 Å². The van der Waals surface area contributed by atoms with Crippen LogP contribution in [0.4, 0.5) is 0 Å². The predicted molar refractivity (Wildman–Crippen MR) is 83.9 cm³/mol. The van der Waals surface area contributed by atoms with Crippen molar-refractivity contribution in [1.29, 1.82) is 0 Å². The fourth-order valence-electron chi connectivity index (χ4n) is 2.82. The number of nitrogens with zero attached hydrogens (tertiary/aromatic N) is 1. The maximum absolute atomic E-state index is 12.1.